The van der Waals surface area contributed by atoms with Crippen LogP contribution in [-0.4, -0.2) is 4.57 Å². The second-order valence-corrected chi connectivity index (χ2v) is 11.9. The molecule has 214 valence electrons. The Balaban J connectivity index is 1.29. The number of benzene rings is 4. The van der Waals surface area contributed by atoms with Crippen molar-refractivity contribution in [1.29, 1.82) is 0 Å². The molecule has 0 radical (unpaired) electrons. The number of aromatic nitrogens is 1. The third-order valence-corrected chi connectivity index (χ3v) is 9.52. The first kappa shape index (κ1) is 26.5. The molecular formula is C42H36N2. The molecule has 3 aliphatic rings. The fraction of sp³-hybridized carbons (Fsp3) is 0.143. The molecule has 0 spiro atoms. The van der Waals surface area contributed by atoms with Gasteiger partial charge in [0.25, 0.3) is 0 Å². The fourth-order valence-electron chi connectivity index (χ4n) is 7.45. The minimum Gasteiger partial charge on any atom is -0.359 e. The Labute approximate surface area is 259 Å². The van der Waals surface area contributed by atoms with Gasteiger partial charge in [0.1, 0.15) is 0 Å². The Bertz CT molecular complexity index is 2100. The Hall–Kier alpha value is -5.08. The number of hydrogen-bond acceptors (Lipinski definition) is 1. The van der Waals surface area contributed by atoms with E-state index in [1.807, 2.05) is 0 Å². The molecule has 1 N–H and O–H groups in total. The van der Waals surface area contributed by atoms with Gasteiger partial charge in [-0.1, -0.05) is 111 Å². The highest BCUT2D eigenvalue weighted by molar-refractivity contribution is 6.14. The van der Waals surface area contributed by atoms with Crippen molar-refractivity contribution < 1.29 is 0 Å². The van der Waals surface area contributed by atoms with Crippen LogP contribution >= 0.6 is 0 Å². The van der Waals surface area contributed by atoms with Gasteiger partial charge in [0.15, 0.2) is 0 Å². The van der Waals surface area contributed by atoms with E-state index >= 15 is 0 Å². The van der Waals surface area contributed by atoms with Crippen molar-refractivity contribution in [2.75, 3.05) is 5.32 Å². The van der Waals surface area contributed by atoms with Crippen molar-refractivity contribution in [2.45, 2.75) is 32.6 Å². The van der Waals surface area contributed by atoms with Crippen molar-refractivity contribution in [3.8, 4) is 5.69 Å². The standard InChI is InChI=1S/C42H36N2/c1-3-28(21-23-31(4-2)43-32-13-7-5-8-14-32)34-24-22-29-19-20-30-27-39-42(37-26-25-35(34)40(29)41(30)37)36-17-11-12-18-38(36)44(39)33-15-9-6-10-16-33/h5-27,29,40,43H,3-4H2,1-2H3/b28-21+,31-23+. The molecular weight excluding hydrogens is 532 g/mol. The second kappa shape index (κ2) is 10.9. The largest absolute Gasteiger partial charge is 0.359 e. The van der Waals surface area contributed by atoms with Gasteiger partial charge in [-0.05, 0) is 88.7 Å². The lowest BCUT2D eigenvalue weighted by Gasteiger charge is -2.37. The molecule has 8 rings (SSSR count). The maximum atomic E-state index is 3.61. The third-order valence-electron chi connectivity index (χ3n) is 9.52. The fourth-order valence-corrected chi connectivity index (χ4v) is 7.45. The Kier molecular flexibility index (Phi) is 6.56. The van der Waals surface area contributed by atoms with Crippen molar-refractivity contribution >= 4 is 39.6 Å². The van der Waals surface area contributed by atoms with Gasteiger partial charge in [0.2, 0.25) is 0 Å². The molecule has 44 heavy (non-hydrogen) atoms. The van der Waals surface area contributed by atoms with Crippen LogP contribution in [0.5, 0.6) is 0 Å². The number of para-hydroxylation sites is 3. The molecule has 2 nitrogen and oxygen atoms in total. The lowest BCUT2D eigenvalue weighted by atomic mass is 9.66. The normalized spacial score (nSPS) is 18.8. The third kappa shape index (κ3) is 4.25. The minimum absolute atomic E-state index is 0.324. The molecule has 2 unspecified atom stereocenters. The summed E-state index contributed by atoms with van der Waals surface area (Å²) in [7, 11) is 0. The predicted molar refractivity (Wildman–Crippen MR) is 188 cm³/mol. The van der Waals surface area contributed by atoms with Crippen LogP contribution in [0.15, 0.2) is 150 Å². The summed E-state index contributed by atoms with van der Waals surface area (Å²) >= 11 is 0. The zero-order valence-corrected chi connectivity index (χ0v) is 25.3. The SMILES string of the molecule is CC/C(=C\C=C(/CC)C1=C2C=Cc3c4c(cc5c3c3ccccc3n5-c3ccccc3)C=CC(C=C1)C24)Nc1ccccc1. The van der Waals surface area contributed by atoms with E-state index in [4.69, 9.17) is 0 Å². The summed E-state index contributed by atoms with van der Waals surface area (Å²) in [6.07, 6.45) is 20.9. The number of nitrogens with zero attached hydrogens (tertiary/aromatic N) is 1. The molecule has 3 aliphatic carbocycles. The van der Waals surface area contributed by atoms with Gasteiger partial charge in [-0.2, -0.15) is 0 Å². The smallest absolute Gasteiger partial charge is 0.0553 e. The van der Waals surface area contributed by atoms with Crippen LogP contribution in [0.4, 0.5) is 5.69 Å². The highest BCUT2D eigenvalue weighted by Crippen LogP contribution is 2.52. The van der Waals surface area contributed by atoms with Gasteiger partial charge in [-0.15, -0.1) is 0 Å². The van der Waals surface area contributed by atoms with Crippen molar-refractivity contribution in [2.24, 2.45) is 5.92 Å². The summed E-state index contributed by atoms with van der Waals surface area (Å²) in [5.74, 6) is 0.690. The van der Waals surface area contributed by atoms with Crippen LogP contribution in [0, 0.1) is 5.92 Å². The van der Waals surface area contributed by atoms with E-state index in [1.165, 1.54) is 66.6 Å². The van der Waals surface area contributed by atoms with Crippen LogP contribution in [0.1, 0.15) is 49.3 Å². The number of allylic oxidation sites excluding steroid dienone is 10. The summed E-state index contributed by atoms with van der Waals surface area (Å²) in [6, 6.07) is 32.5. The quantitative estimate of drug-likeness (QED) is 0.193. The van der Waals surface area contributed by atoms with Crippen molar-refractivity contribution in [3.05, 3.63) is 167 Å². The number of rotatable bonds is 7. The van der Waals surface area contributed by atoms with E-state index in [0.717, 1.165) is 18.5 Å². The summed E-state index contributed by atoms with van der Waals surface area (Å²) in [6.45, 7) is 4.48. The lowest BCUT2D eigenvalue weighted by Crippen LogP contribution is -2.22. The molecule has 5 aromatic rings. The molecule has 0 saturated heterocycles. The first-order chi connectivity index (χ1) is 21.7. The van der Waals surface area contributed by atoms with Crippen molar-refractivity contribution in [1.82, 2.24) is 4.57 Å². The zero-order valence-electron chi connectivity index (χ0n) is 25.3. The van der Waals surface area contributed by atoms with Crippen LogP contribution < -0.4 is 5.32 Å². The van der Waals surface area contributed by atoms with Crippen molar-refractivity contribution in [3.63, 3.8) is 0 Å². The van der Waals surface area contributed by atoms with Gasteiger partial charge in [0.05, 0.1) is 11.0 Å². The molecule has 0 amide bonds. The summed E-state index contributed by atoms with van der Waals surface area (Å²) in [5, 5.41) is 6.28. The number of fused-ring (bicyclic) bond motifs is 4. The van der Waals surface area contributed by atoms with Gasteiger partial charge < -0.3 is 9.88 Å². The maximum Gasteiger partial charge on any atom is 0.0553 e. The average molecular weight is 569 g/mol. The number of anilines is 1. The van der Waals surface area contributed by atoms with E-state index in [0.29, 0.717) is 11.8 Å². The first-order valence-corrected chi connectivity index (χ1v) is 15.9. The predicted octanol–water partition coefficient (Wildman–Crippen LogP) is 11.1. The number of nitrogens with one attached hydrogen (secondary N) is 1. The van der Waals surface area contributed by atoms with Gasteiger partial charge in [0, 0.05) is 39.7 Å². The summed E-state index contributed by atoms with van der Waals surface area (Å²) in [5.41, 5.74) is 14.5. The monoisotopic (exact) mass is 568 g/mol. The van der Waals surface area contributed by atoms with Crippen LogP contribution in [-0.2, 0) is 0 Å². The summed E-state index contributed by atoms with van der Waals surface area (Å²) < 4.78 is 2.44. The molecule has 0 bridgehead atoms. The van der Waals surface area contributed by atoms with E-state index in [1.54, 1.807) is 0 Å². The molecule has 2 atom stereocenters. The average Bonchev–Trinajstić information content (AvgIpc) is 3.42. The molecule has 0 fully saturated rings. The van der Waals surface area contributed by atoms with E-state index in [2.05, 4.69) is 163 Å². The molecule has 2 heteroatoms. The maximum absolute atomic E-state index is 3.61. The molecule has 0 saturated carbocycles. The summed E-state index contributed by atoms with van der Waals surface area (Å²) in [4.78, 5) is 0. The highest BCUT2D eigenvalue weighted by Gasteiger charge is 2.36. The van der Waals surface area contributed by atoms with E-state index < -0.39 is 0 Å². The van der Waals surface area contributed by atoms with Crippen LogP contribution in [0.25, 0.3) is 39.6 Å². The van der Waals surface area contributed by atoms with Crippen LogP contribution in [0.2, 0.25) is 0 Å². The van der Waals surface area contributed by atoms with E-state index in [9.17, 15) is 0 Å². The Morgan fingerprint density at radius 1 is 0.750 bits per heavy atom. The topological polar surface area (TPSA) is 17.0 Å². The highest BCUT2D eigenvalue weighted by atomic mass is 15.0. The molecule has 1 heterocycles. The molecule has 1 aromatic heterocycles. The van der Waals surface area contributed by atoms with Gasteiger partial charge >= 0.3 is 0 Å². The van der Waals surface area contributed by atoms with Crippen LogP contribution in [0.3, 0.4) is 0 Å². The Morgan fingerprint density at radius 3 is 2.30 bits per heavy atom. The second-order valence-electron chi connectivity index (χ2n) is 11.9. The molecule has 0 aliphatic heterocycles. The zero-order chi connectivity index (χ0) is 29.6. The minimum atomic E-state index is 0.324. The molecule has 4 aromatic carbocycles. The van der Waals surface area contributed by atoms with Gasteiger partial charge in [-0.3, -0.25) is 0 Å². The first-order valence-electron chi connectivity index (χ1n) is 15.9. The number of hydrogen-bond donors (Lipinski definition) is 1. The van der Waals surface area contributed by atoms with Gasteiger partial charge in [-0.25, -0.2) is 0 Å². The van der Waals surface area contributed by atoms with E-state index in [-0.39, 0.29) is 0 Å². The Morgan fingerprint density at radius 2 is 1.50 bits per heavy atom. The lowest BCUT2D eigenvalue weighted by molar-refractivity contribution is 0.659.